The molecule has 0 aliphatic heterocycles. The quantitative estimate of drug-likeness (QED) is 0.564. The van der Waals surface area contributed by atoms with Gasteiger partial charge in [0.15, 0.2) is 0 Å². The maximum Gasteiger partial charge on any atom is 0.0188 e. The van der Waals surface area contributed by atoms with Gasteiger partial charge in [0.25, 0.3) is 0 Å². The van der Waals surface area contributed by atoms with Gasteiger partial charge in [-0.3, -0.25) is 0 Å². The van der Waals surface area contributed by atoms with E-state index in [1.807, 2.05) is 0 Å². The van der Waals surface area contributed by atoms with Crippen molar-refractivity contribution in [3.05, 3.63) is 0 Å². The van der Waals surface area contributed by atoms with Crippen molar-refractivity contribution < 1.29 is 0 Å². The van der Waals surface area contributed by atoms with Crippen molar-refractivity contribution in [2.75, 3.05) is 13.1 Å². The van der Waals surface area contributed by atoms with Gasteiger partial charge in [-0.25, -0.2) is 0 Å². The van der Waals surface area contributed by atoms with Crippen molar-refractivity contribution in [3.8, 4) is 0 Å². The molecule has 2 heteroatoms. The molecule has 0 saturated heterocycles. The van der Waals surface area contributed by atoms with Crippen LogP contribution >= 0.6 is 0 Å². The Morgan fingerprint density at radius 2 is 2.00 bits per heavy atom. The molecule has 0 spiro atoms. The Kier molecular flexibility index (Phi) is 5.64. The van der Waals surface area contributed by atoms with Gasteiger partial charge in [-0.2, -0.15) is 0 Å². The van der Waals surface area contributed by atoms with E-state index < -0.39 is 0 Å². The van der Waals surface area contributed by atoms with Crippen LogP contribution in [0.25, 0.3) is 0 Å². The molecule has 0 aromatic rings. The third kappa shape index (κ3) is 4.77. The number of nitrogens with two attached hydrogens (primary N) is 1. The second-order valence-corrected chi connectivity index (χ2v) is 3.11. The minimum atomic E-state index is 0.312. The number of nitrogens with one attached hydrogen (secondary N) is 1. The Balaban J connectivity index is 3.13. The van der Waals surface area contributed by atoms with E-state index in [1.54, 1.807) is 0 Å². The molecule has 0 unspecified atom stereocenters. The molecular formula is C8H20N2. The average Bonchev–Trinajstić information content (AvgIpc) is 1.88. The molecule has 3 N–H and O–H groups in total. The maximum atomic E-state index is 5.79. The molecule has 0 aliphatic rings. The van der Waals surface area contributed by atoms with Crippen molar-refractivity contribution in [2.45, 2.75) is 33.2 Å². The molecule has 2 nitrogen and oxygen atoms in total. The first-order valence-corrected chi connectivity index (χ1v) is 4.14. The summed E-state index contributed by atoms with van der Waals surface area (Å²) in [6.45, 7) is 8.50. The van der Waals surface area contributed by atoms with Gasteiger partial charge in [0.2, 0.25) is 0 Å². The van der Waals surface area contributed by atoms with Gasteiger partial charge in [-0.05, 0) is 18.9 Å². The molecule has 1 atom stereocenters. The summed E-state index contributed by atoms with van der Waals surface area (Å²) in [5.74, 6) is 0.587. The predicted octanol–water partition coefficient (Wildman–Crippen LogP) is 0.969. The van der Waals surface area contributed by atoms with Crippen molar-refractivity contribution in [3.63, 3.8) is 0 Å². The van der Waals surface area contributed by atoms with Gasteiger partial charge in [-0.15, -0.1) is 0 Å². The van der Waals surface area contributed by atoms with E-state index in [0.29, 0.717) is 12.0 Å². The van der Waals surface area contributed by atoms with E-state index >= 15 is 0 Å². The predicted molar refractivity (Wildman–Crippen MR) is 46.0 cm³/mol. The highest BCUT2D eigenvalue weighted by Gasteiger charge is 2.04. The molecule has 0 bridgehead atoms. The Hall–Kier alpha value is -0.0800. The topological polar surface area (TPSA) is 38.0 Å². The normalized spacial score (nSPS) is 14.1. The van der Waals surface area contributed by atoms with E-state index in [0.717, 1.165) is 13.1 Å². The van der Waals surface area contributed by atoms with E-state index in [1.165, 1.54) is 6.42 Å². The largest absolute Gasteiger partial charge is 0.326 e. The number of hydrogen-bond donors (Lipinski definition) is 2. The third-order valence-corrected chi connectivity index (χ3v) is 1.66. The number of hydrogen-bond acceptors (Lipinski definition) is 2. The fourth-order valence-corrected chi connectivity index (χ4v) is 0.681. The van der Waals surface area contributed by atoms with Crippen LogP contribution in [0.5, 0.6) is 0 Å². The maximum absolute atomic E-state index is 5.79. The SMILES string of the molecule is CCCNC[C@@H](N)C(C)C. The fraction of sp³-hybridized carbons (Fsp3) is 1.00. The zero-order valence-electron chi connectivity index (χ0n) is 7.35. The molecule has 0 saturated carbocycles. The third-order valence-electron chi connectivity index (χ3n) is 1.66. The smallest absolute Gasteiger partial charge is 0.0188 e. The first-order valence-electron chi connectivity index (χ1n) is 4.14. The monoisotopic (exact) mass is 144 g/mol. The summed E-state index contributed by atoms with van der Waals surface area (Å²) in [6.07, 6.45) is 1.19. The lowest BCUT2D eigenvalue weighted by molar-refractivity contribution is 0.459. The Labute approximate surface area is 64.2 Å². The molecule has 0 aromatic heterocycles. The van der Waals surface area contributed by atoms with Crippen molar-refractivity contribution in [2.24, 2.45) is 11.7 Å². The molecular weight excluding hydrogens is 124 g/mol. The summed E-state index contributed by atoms with van der Waals surface area (Å²) in [6, 6.07) is 0.312. The highest BCUT2D eigenvalue weighted by molar-refractivity contribution is 4.67. The lowest BCUT2D eigenvalue weighted by Crippen LogP contribution is -2.38. The summed E-state index contributed by atoms with van der Waals surface area (Å²) >= 11 is 0. The highest BCUT2D eigenvalue weighted by atomic mass is 14.9. The Morgan fingerprint density at radius 1 is 1.40 bits per heavy atom. The second kappa shape index (κ2) is 5.69. The fourth-order valence-electron chi connectivity index (χ4n) is 0.681. The van der Waals surface area contributed by atoms with Crippen molar-refractivity contribution in [1.82, 2.24) is 5.32 Å². The van der Waals surface area contributed by atoms with Gasteiger partial charge in [0, 0.05) is 12.6 Å². The van der Waals surface area contributed by atoms with E-state index in [-0.39, 0.29) is 0 Å². The molecule has 0 heterocycles. The van der Waals surface area contributed by atoms with Crippen molar-refractivity contribution >= 4 is 0 Å². The zero-order valence-corrected chi connectivity index (χ0v) is 7.35. The summed E-state index contributed by atoms with van der Waals surface area (Å²) in [5.41, 5.74) is 5.79. The molecule has 0 fully saturated rings. The van der Waals surface area contributed by atoms with Crippen LogP contribution in [0.3, 0.4) is 0 Å². The number of rotatable bonds is 5. The van der Waals surface area contributed by atoms with Crippen LogP contribution in [0.1, 0.15) is 27.2 Å². The summed E-state index contributed by atoms with van der Waals surface area (Å²) in [4.78, 5) is 0. The summed E-state index contributed by atoms with van der Waals surface area (Å²) in [7, 11) is 0. The van der Waals surface area contributed by atoms with Gasteiger partial charge in [-0.1, -0.05) is 20.8 Å². The summed E-state index contributed by atoms with van der Waals surface area (Å²) in [5, 5.41) is 3.29. The van der Waals surface area contributed by atoms with Crippen LogP contribution in [0.4, 0.5) is 0 Å². The standard InChI is InChI=1S/C8H20N2/c1-4-5-10-6-8(9)7(2)3/h7-8,10H,4-6,9H2,1-3H3/t8-/m1/s1. The lowest BCUT2D eigenvalue weighted by Gasteiger charge is -2.15. The Bertz CT molecular complexity index is 71.7. The average molecular weight is 144 g/mol. The van der Waals surface area contributed by atoms with Gasteiger partial charge < -0.3 is 11.1 Å². The van der Waals surface area contributed by atoms with Crippen LogP contribution < -0.4 is 11.1 Å². The molecule has 0 aliphatic carbocycles. The minimum absolute atomic E-state index is 0.312. The van der Waals surface area contributed by atoms with E-state index in [4.69, 9.17) is 5.73 Å². The lowest BCUT2D eigenvalue weighted by atomic mass is 10.1. The van der Waals surface area contributed by atoms with Crippen LogP contribution in [0, 0.1) is 5.92 Å². The molecule has 0 aromatic carbocycles. The first-order chi connectivity index (χ1) is 4.68. The molecule has 10 heavy (non-hydrogen) atoms. The van der Waals surface area contributed by atoms with Crippen LogP contribution in [0.15, 0.2) is 0 Å². The molecule has 62 valence electrons. The van der Waals surface area contributed by atoms with Crippen LogP contribution in [-0.2, 0) is 0 Å². The van der Waals surface area contributed by atoms with Crippen LogP contribution in [-0.4, -0.2) is 19.1 Å². The summed E-state index contributed by atoms with van der Waals surface area (Å²) < 4.78 is 0. The molecule has 0 amide bonds. The minimum Gasteiger partial charge on any atom is -0.326 e. The van der Waals surface area contributed by atoms with E-state index in [9.17, 15) is 0 Å². The zero-order chi connectivity index (χ0) is 7.98. The van der Waals surface area contributed by atoms with Gasteiger partial charge in [0.05, 0.1) is 0 Å². The molecule has 0 radical (unpaired) electrons. The Morgan fingerprint density at radius 3 is 2.40 bits per heavy atom. The van der Waals surface area contributed by atoms with Gasteiger partial charge in [0.1, 0.15) is 0 Å². The van der Waals surface area contributed by atoms with E-state index in [2.05, 4.69) is 26.1 Å². The second-order valence-electron chi connectivity index (χ2n) is 3.11. The highest BCUT2D eigenvalue weighted by Crippen LogP contribution is 1.95. The van der Waals surface area contributed by atoms with Gasteiger partial charge >= 0.3 is 0 Å². The molecule has 0 rings (SSSR count). The van der Waals surface area contributed by atoms with Crippen LogP contribution in [0.2, 0.25) is 0 Å². The van der Waals surface area contributed by atoms with Crippen molar-refractivity contribution in [1.29, 1.82) is 0 Å². The first kappa shape index (κ1) is 9.92.